The zero-order valence-electron chi connectivity index (χ0n) is 6.86. The maximum absolute atomic E-state index is 9.93. The Balaban J connectivity index is 0. The van der Waals surface area contributed by atoms with Crippen molar-refractivity contribution in [2.24, 2.45) is 0 Å². The van der Waals surface area contributed by atoms with Crippen molar-refractivity contribution < 1.29 is 63.4 Å². The second kappa shape index (κ2) is 7.05. The topological polar surface area (TPSA) is 127 Å². The number of carbonyl (C=O) groups excluding carboxylic acids is 1. The Kier molecular flexibility index (Phi) is 8.76. The predicted octanol–water partition coefficient (Wildman–Crippen LogP) is -5.61. The SMILES string of the molecule is O=C[C@H](O)[C@H](O)COP(=O)([O-])O.[Na+]. The Hall–Kier alpha value is 0.700. The maximum atomic E-state index is 9.93. The third-order valence-corrected chi connectivity index (χ3v) is 1.42. The van der Waals surface area contributed by atoms with Crippen LogP contribution in [0.15, 0.2) is 0 Å². The van der Waals surface area contributed by atoms with Crippen LogP contribution in [-0.4, -0.2) is 40.2 Å². The first-order valence-electron chi connectivity index (χ1n) is 2.86. The molecule has 0 rings (SSSR count). The Bertz CT molecular complexity index is 191. The number of phosphoric acid groups is 1. The van der Waals surface area contributed by atoms with Crippen molar-refractivity contribution in [2.75, 3.05) is 6.61 Å². The Morgan fingerprint density at radius 2 is 2.00 bits per heavy atom. The molecule has 0 aromatic rings. The molecule has 1 unspecified atom stereocenters. The minimum Gasteiger partial charge on any atom is -0.756 e. The Morgan fingerprint density at radius 1 is 1.54 bits per heavy atom. The number of phosphoric ester groups is 1. The van der Waals surface area contributed by atoms with Gasteiger partial charge in [-0.25, -0.2) is 0 Å². The van der Waals surface area contributed by atoms with Crippen molar-refractivity contribution >= 4 is 14.1 Å². The van der Waals surface area contributed by atoms with Crippen LogP contribution < -0.4 is 34.5 Å². The van der Waals surface area contributed by atoms with E-state index in [-0.39, 0.29) is 35.8 Å². The Labute approximate surface area is 96.2 Å². The summed E-state index contributed by atoms with van der Waals surface area (Å²) in [4.78, 5) is 27.7. The second-order valence-electron chi connectivity index (χ2n) is 1.96. The van der Waals surface area contributed by atoms with E-state index in [0.29, 0.717) is 0 Å². The molecule has 9 heteroatoms. The molecule has 0 aliphatic heterocycles. The Morgan fingerprint density at radius 3 is 2.31 bits per heavy atom. The van der Waals surface area contributed by atoms with Crippen molar-refractivity contribution in [2.45, 2.75) is 12.2 Å². The van der Waals surface area contributed by atoms with Crippen LogP contribution in [0.2, 0.25) is 0 Å². The third kappa shape index (κ3) is 9.01. The van der Waals surface area contributed by atoms with Crippen molar-refractivity contribution in [1.82, 2.24) is 0 Å². The first-order chi connectivity index (χ1) is 5.37. The van der Waals surface area contributed by atoms with Crippen LogP contribution in [-0.2, 0) is 13.9 Å². The van der Waals surface area contributed by atoms with E-state index < -0.39 is 26.6 Å². The fourth-order valence-corrected chi connectivity index (χ4v) is 0.701. The molecule has 0 aromatic heterocycles. The van der Waals surface area contributed by atoms with Crippen molar-refractivity contribution in [3.05, 3.63) is 0 Å². The van der Waals surface area contributed by atoms with Crippen LogP contribution in [0.5, 0.6) is 0 Å². The molecule has 3 atom stereocenters. The van der Waals surface area contributed by atoms with Gasteiger partial charge in [-0.15, -0.1) is 0 Å². The minimum atomic E-state index is -4.91. The zero-order chi connectivity index (χ0) is 9.78. The molecule has 0 aliphatic carbocycles. The van der Waals surface area contributed by atoms with Gasteiger partial charge in [0.15, 0.2) is 6.29 Å². The second-order valence-corrected chi connectivity index (χ2v) is 3.15. The van der Waals surface area contributed by atoms with Crippen LogP contribution in [0.25, 0.3) is 0 Å². The first-order valence-corrected chi connectivity index (χ1v) is 4.36. The third-order valence-electron chi connectivity index (χ3n) is 0.942. The zero-order valence-corrected chi connectivity index (χ0v) is 9.76. The summed E-state index contributed by atoms with van der Waals surface area (Å²) in [5, 5.41) is 17.3. The van der Waals surface area contributed by atoms with Crippen LogP contribution >= 0.6 is 7.82 Å². The van der Waals surface area contributed by atoms with Crippen LogP contribution in [0.1, 0.15) is 0 Å². The molecule has 0 fully saturated rings. The smallest absolute Gasteiger partial charge is 0.756 e. The molecule has 0 saturated heterocycles. The van der Waals surface area contributed by atoms with E-state index in [1.165, 1.54) is 0 Å². The number of aldehydes is 1. The molecule has 0 amide bonds. The summed E-state index contributed by atoms with van der Waals surface area (Å²) in [6.07, 6.45) is -3.38. The van der Waals surface area contributed by atoms with Gasteiger partial charge in [0.05, 0.1) is 6.61 Å². The summed E-state index contributed by atoms with van der Waals surface area (Å²) in [5.41, 5.74) is 0. The molecule has 0 aromatic carbocycles. The van der Waals surface area contributed by atoms with Gasteiger partial charge in [0.1, 0.15) is 12.2 Å². The van der Waals surface area contributed by atoms with Crippen molar-refractivity contribution in [1.29, 1.82) is 0 Å². The van der Waals surface area contributed by atoms with Gasteiger partial charge in [-0.05, 0) is 0 Å². The van der Waals surface area contributed by atoms with Crippen LogP contribution in [0.4, 0.5) is 0 Å². The first kappa shape index (κ1) is 16.1. The molecule has 0 radical (unpaired) electrons. The molecule has 0 saturated carbocycles. The predicted molar refractivity (Wildman–Crippen MR) is 33.9 cm³/mol. The van der Waals surface area contributed by atoms with E-state index >= 15 is 0 Å². The summed E-state index contributed by atoms with van der Waals surface area (Å²) in [7, 11) is -4.91. The number of hydrogen-bond acceptors (Lipinski definition) is 6. The quantitative estimate of drug-likeness (QED) is 0.240. The summed E-state index contributed by atoms with van der Waals surface area (Å²) in [6, 6.07) is 0. The van der Waals surface area contributed by atoms with Crippen molar-refractivity contribution in [3.63, 3.8) is 0 Å². The van der Waals surface area contributed by atoms with Gasteiger partial charge in [-0.3, -0.25) is 4.57 Å². The monoisotopic (exact) mass is 222 g/mol. The summed E-state index contributed by atoms with van der Waals surface area (Å²) in [6.45, 7) is -0.864. The van der Waals surface area contributed by atoms with E-state index in [1.807, 2.05) is 0 Å². The van der Waals surface area contributed by atoms with Gasteiger partial charge < -0.3 is 29.3 Å². The van der Waals surface area contributed by atoms with E-state index in [4.69, 9.17) is 15.1 Å². The van der Waals surface area contributed by atoms with E-state index in [2.05, 4.69) is 4.52 Å². The van der Waals surface area contributed by atoms with Crippen LogP contribution in [0, 0.1) is 0 Å². The molecule has 0 bridgehead atoms. The van der Waals surface area contributed by atoms with Gasteiger partial charge >= 0.3 is 29.6 Å². The van der Waals surface area contributed by atoms with E-state index in [1.54, 1.807) is 0 Å². The van der Waals surface area contributed by atoms with Crippen molar-refractivity contribution in [3.8, 4) is 0 Å². The average Bonchev–Trinajstić information content (AvgIpc) is 1.97. The molecule has 72 valence electrons. The molecule has 0 heterocycles. The minimum absolute atomic E-state index is 0. The number of carbonyl (C=O) groups is 1. The van der Waals surface area contributed by atoms with Gasteiger partial charge in [0.25, 0.3) is 7.82 Å². The summed E-state index contributed by atoms with van der Waals surface area (Å²) < 4.78 is 13.6. The maximum Gasteiger partial charge on any atom is 1.00 e. The molecule has 3 N–H and O–H groups in total. The molecule has 0 spiro atoms. The molecular formula is C4H8NaO7P. The molecule has 13 heavy (non-hydrogen) atoms. The fraction of sp³-hybridized carbons (Fsp3) is 0.750. The number of hydrogen-bond donors (Lipinski definition) is 3. The van der Waals surface area contributed by atoms with Gasteiger partial charge in [0.2, 0.25) is 0 Å². The number of rotatable bonds is 5. The molecule has 0 aliphatic rings. The average molecular weight is 222 g/mol. The van der Waals surface area contributed by atoms with Gasteiger partial charge in [-0.1, -0.05) is 0 Å². The normalized spacial score (nSPS) is 19.4. The standard InChI is InChI=1S/C4H9O7P.Na/c5-1-3(6)4(7)2-11-12(8,9)10;/h1,3-4,6-7H,2H2,(H2,8,9,10);/q;+1/p-1/t3-,4+;/m0./s1. The van der Waals surface area contributed by atoms with Gasteiger partial charge in [-0.2, -0.15) is 0 Å². The van der Waals surface area contributed by atoms with Crippen LogP contribution in [0.3, 0.4) is 0 Å². The number of aliphatic hydroxyl groups excluding tert-OH is 2. The van der Waals surface area contributed by atoms with E-state index in [0.717, 1.165) is 0 Å². The van der Waals surface area contributed by atoms with E-state index in [9.17, 15) is 14.3 Å². The summed E-state index contributed by atoms with van der Waals surface area (Å²) in [5.74, 6) is 0. The molecule has 7 nitrogen and oxygen atoms in total. The molecular weight excluding hydrogens is 214 g/mol. The largest absolute Gasteiger partial charge is 1.00 e. The fourth-order valence-electron chi connectivity index (χ4n) is 0.360. The summed E-state index contributed by atoms with van der Waals surface area (Å²) >= 11 is 0. The van der Waals surface area contributed by atoms with Gasteiger partial charge in [0, 0.05) is 0 Å². The number of aliphatic hydroxyl groups is 2.